The second-order valence-corrected chi connectivity index (χ2v) is 9.06. The van der Waals surface area contributed by atoms with Crippen LogP contribution in [0.25, 0.3) is 10.7 Å². The molecule has 0 spiro atoms. The molecule has 0 saturated carbocycles. The maximum Gasteiger partial charge on any atom is 0.237 e. The van der Waals surface area contributed by atoms with Gasteiger partial charge in [-0.2, -0.15) is 0 Å². The van der Waals surface area contributed by atoms with Crippen molar-refractivity contribution < 1.29 is 14.3 Å². The van der Waals surface area contributed by atoms with Gasteiger partial charge in [-0.3, -0.25) is 14.2 Å². The number of thioether (sulfide) groups is 1. The number of nitrogens with two attached hydrogens (primary N) is 1. The third-order valence-electron chi connectivity index (χ3n) is 4.29. The van der Waals surface area contributed by atoms with Gasteiger partial charge in [0.05, 0.1) is 16.3 Å². The van der Waals surface area contributed by atoms with Gasteiger partial charge in [0.25, 0.3) is 0 Å². The predicted molar refractivity (Wildman–Crippen MR) is 130 cm³/mol. The Kier molecular flexibility index (Phi) is 7.28. The normalized spacial score (nSPS) is 10.7. The number of thiophene rings is 1. The number of anilines is 1. The Labute approximate surface area is 202 Å². The number of nitrogens with one attached hydrogen (secondary N) is 1. The molecule has 0 saturated heterocycles. The Morgan fingerprint density at radius 1 is 1.12 bits per heavy atom. The molecule has 2 aromatic carbocycles. The van der Waals surface area contributed by atoms with Gasteiger partial charge in [0.15, 0.2) is 16.7 Å². The number of amides is 2. The number of halogens is 1. The number of para-hydroxylation sites is 1. The molecule has 33 heavy (non-hydrogen) atoms. The largest absolute Gasteiger partial charge is 0.455 e. The summed E-state index contributed by atoms with van der Waals surface area (Å²) < 4.78 is 7.49. The number of primary amides is 1. The molecule has 4 aromatic rings. The maximum atomic E-state index is 12.7. The molecule has 8 nitrogen and oxygen atoms in total. The van der Waals surface area contributed by atoms with Gasteiger partial charge in [-0.15, -0.1) is 21.5 Å². The number of nitrogens with zero attached hydrogens (tertiary/aromatic N) is 3. The summed E-state index contributed by atoms with van der Waals surface area (Å²) in [6, 6.07) is 18.0. The van der Waals surface area contributed by atoms with Crippen LogP contribution in [0.4, 0.5) is 5.69 Å². The molecule has 4 rings (SSSR count). The van der Waals surface area contributed by atoms with Crippen LogP contribution in [0.5, 0.6) is 11.5 Å². The van der Waals surface area contributed by atoms with Crippen LogP contribution < -0.4 is 15.8 Å². The third-order valence-corrected chi connectivity index (χ3v) is 6.36. The van der Waals surface area contributed by atoms with E-state index in [2.05, 4.69) is 15.5 Å². The van der Waals surface area contributed by atoms with E-state index in [1.165, 1.54) is 11.3 Å². The van der Waals surface area contributed by atoms with E-state index in [0.29, 0.717) is 33.2 Å². The highest BCUT2D eigenvalue weighted by atomic mass is 35.5. The maximum absolute atomic E-state index is 12.7. The molecule has 0 aliphatic heterocycles. The van der Waals surface area contributed by atoms with E-state index in [0.717, 1.165) is 16.6 Å². The van der Waals surface area contributed by atoms with Crippen molar-refractivity contribution in [2.24, 2.45) is 5.73 Å². The first-order valence-corrected chi connectivity index (χ1v) is 11.9. The minimum absolute atomic E-state index is 0.0264. The summed E-state index contributed by atoms with van der Waals surface area (Å²) in [4.78, 5) is 25.1. The molecule has 2 amide bonds. The van der Waals surface area contributed by atoms with E-state index in [9.17, 15) is 9.59 Å². The van der Waals surface area contributed by atoms with Gasteiger partial charge in [-0.25, -0.2) is 0 Å². The molecule has 0 aliphatic carbocycles. The molecular formula is C22H18ClN5O3S2. The fourth-order valence-corrected chi connectivity index (χ4v) is 4.53. The number of aromatic nitrogens is 3. The predicted octanol–water partition coefficient (Wildman–Crippen LogP) is 4.67. The average Bonchev–Trinajstić information content (AvgIpc) is 3.45. The van der Waals surface area contributed by atoms with E-state index in [1.54, 1.807) is 22.8 Å². The van der Waals surface area contributed by atoms with Gasteiger partial charge >= 0.3 is 0 Å². The van der Waals surface area contributed by atoms with Crippen LogP contribution in [-0.4, -0.2) is 32.3 Å². The number of ether oxygens (including phenoxy) is 1. The van der Waals surface area contributed by atoms with Crippen LogP contribution in [0.3, 0.4) is 0 Å². The minimum Gasteiger partial charge on any atom is -0.455 e. The number of rotatable bonds is 9. The van der Waals surface area contributed by atoms with Crippen molar-refractivity contribution in [3.63, 3.8) is 0 Å². The average molecular weight is 500 g/mol. The fraction of sp³-hybridized carbons (Fsp3) is 0.0909. The molecule has 0 fully saturated rings. The Balaban J connectivity index is 1.47. The summed E-state index contributed by atoms with van der Waals surface area (Å²) in [5, 5.41) is 13.9. The fourth-order valence-electron chi connectivity index (χ4n) is 2.90. The van der Waals surface area contributed by atoms with Crippen LogP contribution >= 0.6 is 34.7 Å². The lowest BCUT2D eigenvalue weighted by Crippen LogP contribution is -2.20. The summed E-state index contributed by atoms with van der Waals surface area (Å²) in [6.07, 6.45) is 0. The first kappa shape index (κ1) is 22.8. The van der Waals surface area contributed by atoms with E-state index in [4.69, 9.17) is 22.1 Å². The molecular weight excluding hydrogens is 482 g/mol. The molecule has 2 aromatic heterocycles. The Bertz CT molecular complexity index is 1260. The molecule has 3 N–H and O–H groups in total. The van der Waals surface area contributed by atoms with Gasteiger partial charge in [-0.1, -0.05) is 47.6 Å². The Morgan fingerprint density at radius 2 is 1.94 bits per heavy atom. The lowest BCUT2D eigenvalue weighted by Gasteiger charge is -2.13. The highest BCUT2D eigenvalue weighted by Crippen LogP contribution is 2.32. The van der Waals surface area contributed by atoms with E-state index >= 15 is 0 Å². The summed E-state index contributed by atoms with van der Waals surface area (Å²) in [5.74, 6) is 0.817. The standard InChI is InChI=1S/C22H18ClN5O3S2/c23-14-8-9-17(31-15-5-2-1-3-6-15)16(11-14)25-20(30)13-33-22-27-26-21(18-7-4-10-32-18)28(22)12-19(24)29/h1-11H,12-13H2,(H2,24,29)(H,25,30). The van der Waals surface area contributed by atoms with Crippen LogP contribution in [0.15, 0.2) is 71.2 Å². The van der Waals surface area contributed by atoms with Crippen molar-refractivity contribution in [3.05, 3.63) is 71.1 Å². The number of hydrogen-bond donors (Lipinski definition) is 2. The first-order chi connectivity index (χ1) is 16.0. The van der Waals surface area contributed by atoms with Crippen LogP contribution in [-0.2, 0) is 16.1 Å². The quantitative estimate of drug-likeness (QED) is 0.324. The number of carbonyl (C=O) groups is 2. The third kappa shape index (κ3) is 5.92. The zero-order valence-electron chi connectivity index (χ0n) is 17.1. The topological polar surface area (TPSA) is 112 Å². The molecule has 0 unspecified atom stereocenters. The van der Waals surface area contributed by atoms with Gasteiger partial charge in [-0.05, 0) is 41.8 Å². The molecule has 0 aliphatic rings. The summed E-state index contributed by atoms with van der Waals surface area (Å²) in [7, 11) is 0. The summed E-state index contributed by atoms with van der Waals surface area (Å²) >= 11 is 8.74. The van der Waals surface area contributed by atoms with E-state index in [-0.39, 0.29) is 18.2 Å². The molecule has 0 atom stereocenters. The van der Waals surface area contributed by atoms with Crippen molar-refractivity contribution in [3.8, 4) is 22.2 Å². The van der Waals surface area contributed by atoms with Gasteiger partial charge in [0.1, 0.15) is 12.3 Å². The molecule has 0 radical (unpaired) electrons. The highest BCUT2D eigenvalue weighted by molar-refractivity contribution is 7.99. The van der Waals surface area contributed by atoms with Crippen molar-refractivity contribution in [2.75, 3.05) is 11.1 Å². The summed E-state index contributed by atoms with van der Waals surface area (Å²) in [5.41, 5.74) is 5.84. The van der Waals surface area contributed by atoms with E-state index < -0.39 is 5.91 Å². The van der Waals surface area contributed by atoms with Crippen molar-refractivity contribution in [2.45, 2.75) is 11.7 Å². The van der Waals surface area contributed by atoms with Crippen molar-refractivity contribution in [1.29, 1.82) is 0 Å². The van der Waals surface area contributed by atoms with E-state index in [1.807, 2.05) is 47.8 Å². The second-order valence-electron chi connectivity index (χ2n) is 6.73. The molecule has 2 heterocycles. The van der Waals surface area contributed by atoms with Crippen molar-refractivity contribution in [1.82, 2.24) is 14.8 Å². The zero-order chi connectivity index (χ0) is 23.2. The smallest absolute Gasteiger partial charge is 0.237 e. The van der Waals surface area contributed by atoms with Crippen LogP contribution in [0, 0.1) is 0 Å². The lowest BCUT2D eigenvalue weighted by atomic mass is 10.3. The van der Waals surface area contributed by atoms with Crippen LogP contribution in [0.1, 0.15) is 0 Å². The molecule has 11 heteroatoms. The zero-order valence-corrected chi connectivity index (χ0v) is 19.5. The first-order valence-electron chi connectivity index (χ1n) is 9.70. The summed E-state index contributed by atoms with van der Waals surface area (Å²) in [6.45, 7) is -0.0897. The lowest BCUT2D eigenvalue weighted by molar-refractivity contribution is -0.118. The van der Waals surface area contributed by atoms with Crippen molar-refractivity contribution >= 4 is 52.2 Å². The number of hydrogen-bond acceptors (Lipinski definition) is 7. The number of benzene rings is 2. The number of carbonyl (C=O) groups excluding carboxylic acids is 2. The highest BCUT2D eigenvalue weighted by Gasteiger charge is 2.18. The second kappa shape index (κ2) is 10.5. The van der Waals surface area contributed by atoms with Crippen LogP contribution in [0.2, 0.25) is 5.02 Å². The minimum atomic E-state index is -0.527. The van der Waals surface area contributed by atoms with Gasteiger partial charge in [0.2, 0.25) is 11.8 Å². The Hall–Kier alpha value is -3.34. The molecule has 168 valence electrons. The SMILES string of the molecule is NC(=O)Cn1c(SCC(=O)Nc2cc(Cl)ccc2Oc2ccccc2)nnc1-c1cccs1. The van der Waals surface area contributed by atoms with Gasteiger partial charge in [0, 0.05) is 5.02 Å². The monoisotopic (exact) mass is 499 g/mol. The molecule has 0 bridgehead atoms. The van der Waals surface area contributed by atoms with Gasteiger partial charge < -0.3 is 15.8 Å². The Morgan fingerprint density at radius 3 is 2.67 bits per heavy atom.